The molecule has 162 valence electrons. The number of nitriles is 1. The van der Waals surface area contributed by atoms with Gasteiger partial charge in [-0.15, -0.1) is 0 Å². The van der Waals surface area contributed by atoms with Crippen molar-refractivity contribution in [3.8, 4) is 17.3 Å². The van der Waals surface area contributed by atoms with Crippen LogP contribution in [0.3, 0.4) is 0 Å². The van der Waals surface area contributed by atoms with Crippen molar-refractivity contribution in [3.63, 3.8) is 0 Å². The lowest BCUT2D eigenvalue weighted by atomic mass is 9.76. The fraction of sp³-hybridized carbons (Fsp3) is 0.348. The fourth-order valence-electron chi connectivity index (χ4n) is 4.60. The first kappa shape index (κ1) is 20.0. The predicted molar refractivity (Wildman–Crippen MR) is 118 cm³/mol. The van der Waals surface area contributed by atoms with Gasteiger partial charge in [0.1, 0.15) is 11.9 Å². The number of carbonyl (C=O) groups is 1. The maximum Gasteiger partial charge on any atom is 0.318 e. The van der Waals surface area contributed by atoms with Crippen LogP contribution in [-0.4, -0.2) is 43.8 Å². The van der Waals surface area contributed by atoms with E-state index in [4.69, 9.17) is 10.8 Å². The molecule has 1 fully saturated rings. The summed E-state index contributed by atoms with van der Waals surface area (Å²) in [7, 11) is 0. The maximum atomic E-state index is 12.9. The van der Waals surface area contributed by atoms with E-state index in [1.807, 2.05) is 41.6 Å². The number of amides is 2. The molecule has 5 heterocycles. The molecule has 3 N–H and O–H groups in total. The van der Waals surface area contributed by atoms with Crippen molar-refractivity contribution >= 4 is 11.8 Å². The molecular formula is C23H24N8O. The molecule has 0 aromatic carbocycles. The highest BCUT2D eigenvalue weighted by atomic mass is 16.2. The van der Waals surface area contributed by atoms with Gasteiger partial charge in [-0.25, -0.2) is 9.78 Å². The summed E-state index contributed by atoms with van der Waals surface area (Å²) in [6, 6.07) is 11.4. The number of hydrogen-bond donors (Lipinski definition) is 2. The second kappa shape index (κ2) is 7.05. The van der Waals surface area contributed by atoms with Crippen LogP contribution in [0.5, 0.6) is 0 Å². The van der Waals surface area contributed by atoms with Crippen LogP contribution in [0.4, 0.5) is 10.6 Å². The Labute approximate surface area is 185 Å². The highest BCUT2D eigenvalue weighted by Gasteiger charge is 2.51. The largest absolute Gasteiger partial charge is 0.383 e. The monoisotopic (exact) mass is 428 g/mol. The van der Waals surface area contributed by atoms with Crippen LogP contribution in [0.2, 0.25) is 0 Å². The molecule has 5 rings (SSSR count). The first-order valence-electron chi connectivity index (χ1n) is 10.5. The topological polar surface area (TPSA) is 126 Å². The number of pyridine rings is 2. The number of fused-ring (bicyclic) bond motifs is 2. The van der Waals surface area contributed by atoms with E-state index in [1.54, 1.807) is 18.5 Å². The smallest absolute Gasteiger partial charge is 0.318 e. The molecule has 0 unspecified atom stereocenters. The van der Waals surface area contributed by atoms with Gasteiger partial charge in [-0.2, -0.15) is 10.4 Å². The number of nitrogen functional groups attached to an aromatic ring is 1. The van der Waals surface area contributed by atoms with Gasteiger partial charge in [0.15, 0.2) is 0 Å². The number of nitrogens with zero attached hydrogens (tertiary/aromatic N) is 6. The van der Waals surface area contributed by atoms with Crippen LogP contribution in [0.15, 0.2) is 42.7 Å². The molecule has 9 heteroatoms. The number of aryl methyl sites for hydroxylation is 1. The molecule has 2 amide bonds. The number of hydrogen-bond acceptors (Lipinski definition) is 6. The molecule has 0 radical (unpaired) electrons. The summed E-state index contributed by atoms with van der Waals surface area (Å²) in [5.41, 5.74) is 8.90. The second-order valence-corrected chi connectivity index (χ2v) is 9.06. The highest BCUT2D eigenvalue weighted by Crippen LogP contribution is 2.44. The molecule has 2 aliphatic heterocycles. The third kappa shape index (κ3) is 3.15. The zero-order valence-corrected chi connectivity index (χ0v) is 18.0. The number of nitrogens with one attached hydrogen (secondary N) is 1. The summed E-state index contributed by atoms with van der Waals surface area (Å²) in [6.07, 6.45) is 4.32. The zero-order chi connectivity index (χ0) is 22.5. The van der Waals surface area contributed by atoms with E-state index in [0.29, 0.717) is 18.7 Å². The lowest BCUT2D eigenvalue weighted by Gasteiger charge is -2.48. The van der Waals surface area contributed by atoms with Gasteiger partial charge in [0.25, 0.3) is 0 Å². The second-order valence-electron chi connectivity index (χ2n) is 9.06. The molecule has 3 aromatic heterocycles. The van der Waals surface area contributed by atoms with Gasteiger partial charge in [0.2, 0.25) is 0 Å². The summed E-state index contributed by atoms with van der Waals surface area (Å²) in [4.78, 5) is 23.2. The molecule has 2 aliphatic rings. The molecule has 0 bridgehead atoms. The lowest BCUT2D eigenvalue weighted by molar-refractivity contribution is 0.0869. The Hall–Kier alpha value is -3.93. The Bertz CT molecular complexity index is 1230. The van der Waals surface area contributed by atoms with Gasteiger partial charge in [-0.05, 0) is 44.5 Å². The van der Waals surface area contributed by atoms with Gasteiger partial charge >= 0.3 is 6.03 Å². The minimum atomic E-state index is -0.563. The van der Waals surface area contributed by atoms with Gasteiger partial charge < -0.3 is 16.0 Å². The molecule has 9 nitrogen and oxygen atoms in total. The minimum Gasteiger partial charge on any atom is -0.383 e. The first-order valence-corrected chi connectivity index (χ1v) is 10.5. The number of urea groups is 1. The lowest BCUT2D eigenvalue weighted by Crippen LogP contribution is -2.64. The molecule has 0 aliphatic carbocycles. The number of anilines is 1. The van der Waals surface area contributed by atoms with Crippen molar-refractivity contribution in [1.82, 2.24) is 30.0 Å². The predicted octanol–water partition coefficient (Wildman–Crippen LogP) is 2.40. The summed E-state index contributed by atoms with van der Waals surface area (Å²) in [5.74, 6) is 0.216. The third-order valence-electron chi connectivity index (χ3n) is 6.46. The normalized spacial score (nSPS) is 16.3. The molecule has 0 saturated carbocycles. The zero-order valence-electron chi connectivity index (χ0n) is 18.0. The summed E-state index contributed by atoms with van der Waals surface area (Å²) < 4.78 is 2.00. The summed E-state index contributed by atoms with van der Waals surface area (Å²) >= 11 is 0. The molecule has 3 aromatic rings. The van der Waals surface area contributed by atoms with E-state index in [0.717, 1.165) is 35.6 Å². The number of rotatable bonds is 3. The van der Waals surface area contributed by atoms with Gasteiger partial charge in [-0.3, -0.25) is 9.67 Å². The first-order chi connectivity index (χ1) is 15.3. The summed E-state index contributed by atoms with van der Waals surface area (Å²) in [5, 5.41) is 17.0. The molecule has 1 spiro atoms. The Morgan fingerprint density at radius 3 is 2.81 bits per heavy atom. The minimum absolute atomic E-state index is 0.0863. The standard InChI is InChI=1S/C23H24N8O/c1-22(2,18-5-3-4-7-26-18)28-21(32)30-13-23(14-30)6-8-31-19(23)10-17(29-31)16-9-15(11-24)20(25)27-12-16/h3-5,7,9-10,12H,6,8,13-14H2,1-2H3,(H2,25,27)(H,28,32). The van der Waals surface area contributed by atoms with Crippen LogP contribution in [0, 0.1) is 11.3 Å². The van der Waals surface area contributed by atoms with Crippen molar-refractivity contribution in [3.05, 3.63) is 59.7 Å². The van der Waals surface area contributed by atoms with Gasteiger partial charge in [0, 0.05) is 48.7 Å². The number of carbonyl (C=O) groups excluding carboxylic acids is 1. The maximum absolute atomic E-state index is 12.9. The van der Waals surface area contributed by atoms with Gasteiger partial charge in [-0.1, -0.05) is 6.07 Å². The Morgan fingerprint density at radius 1 is 1.28 bits per heavy atom. The average molecular weight is 429 g/mol. The van der Waals surface area contributed by atoms with E-state index >= 15 is 0 Å². The fourth-order valence-corrected chi connectivity index (χ4v) is 4.60. The van der Waals surface area contributed by atoms with Crippen LogP contribution in [0.25, 0.3) is 11.3 Å². The third-order valence-corrected chi connectivity index (χ3v) is 6.46. The van der Waals surface area contributed by atoms with Crippen LogP contribution in [0.1, 0.15) is 37.2 Å². The van der Waals surface area contributed by atoms with Crippen LogP contribution >= 0.6 is 0 Å². The number of likely N-dealkylation sites (tertiary alicyclic amines) is 1. The molecule has 1 saturated heterocycles. The number of nitrogens with two attached hydrogens (primary N) is 1. The average Bonchev–Trinajstić information content (AvgIpc) is 3.33. The van der Waals surface area contributed by atoms with Crippen molar-refractivity contribution < 1.29 is 4.79 Å². The quantitative estimate of drug-likeness (QED) is 0.660. The van der Waals surface area contributed by atoms with E-state index in [-0.39, 0.29) is 17.3 Å². The molecule has 32 heavy (non-hydrogen) atoms. The van der Waals surface area contributed by atoms with Crippen LogP contribution < -0.4 is 11.1 Å². The molecule has 0 atom stereocenters. The summed E-state index contributed by atoms with van der Waals surface area (Å²) in [6.45, 7) is 6.00. The van der Waals surface area contributed by atoms with Gasteiger partial charge in [0.05, 0.1) is 22.5 Å². The number of aromatic nitrogens is 4. The Kier molecular flexibility index (Phi) is 4.41. The van der Waals surface area contributed by atoms with Crippen molar-refractivity contribution in [1.29, 1.82) is 5.26 Å². The highest BCUT2D eigenvalue weighted by molar-refractivity contribution is 5.77. The van der Waals surface area contributed by atoms with Crippen molar-refractivity contribution in [2.45, 2.75) is 37.8 Å². The van der Waals surface area contributed by atoms with Crippen LogP contribution in [-0.2, 0) is 17.5 Å². The SMILES string of the molecule is CC(C)(NC(=O)N1CC2(CCn3nc(-c4cnc(N)c(C#N)c4)cc32)C1)c1ccccn1. The van der Waals surface area contributed by atoms with E-state index < -0.39 is 5.54 Å². The van der Waals surface area contributed by atoms with E-state index in [1.165, 1.54) is 0 Å². The van der Waals surface area contributed by atoms with Crippen molar-refractivity contribution in [2.24, 2.45) is 0 Å². The van der Waals surface area contributed by atoms with E-state index in [2.05, 4.69) is 27.4 Å². The van der Waals surface area contributed by atoms with E-state index in [9.17, 15) is 10.1 Å². The van der Waals surface area contributed by atoms with Crippen molar-refractivity contribution in [2.75, 3.05) is 18.8 Å². The Balaban J connectivity index is 1.31. The molecular weight excluding hydrogens is 404 g/mol. The Morgan fingerprint density at radius 2 is 2.09 bits per heavy atom.